The minimum absolute atomic E-state index is 0.00898. The predicted octanol–water partition coefficient (Wildman–Crippen LogP) is 2.21. The van der Waals surface area contributed by atoms with Crippen molar-refractivity contribution in [3.8, 4) is 5.75 Å². The number of pyridine rings is 1. The van der Waals surface area contributed by atoms with E-state index in [4.69, 9.17) is 9.47 Å². The summed E-state index contributed by atoms with van der Waals surface area (Å²) in [5.41, 5.74) is -0.875. The first kappa shape index (κ1) is 22.4. The Hall–Kier alpha value is -3.43. The van der Waals surface area contributed by atoms with Gasteiger partial charge in [-0.25, -0.2) is 9.18 Å². The Morgan fingerprint density at radius 2 is 2.09 bits per heavy atom. The van der Waals surface area contributed by atoms with Crippen molar-refractivity contribution in [1.82, 2.24) is 4.57 Å². The van der Waals surface area contributed by atoms with E-state index in [1.54, 1.807) is 21.6 Å². The quantitative estimate of drug-likeness (QED) is 0.554. The van der Waals surface area contributed by atoms with E-state index in [0.29, 0.717) is 12.1 Å². The Morgan fingerprint density at radius 1 is 1.32 bits per heavy atom. The van der Waals surface area contributed by atoms with Crippen LogP contribution in [0.3, 0.4) is 0 Å². The summed E-state index contributed by atoms with van der Waals surface area (Å²) in [4.78, 5) is 27.7. The van der Waals surface area contributed by atoms with Crippen LogP contribution < -0.4 is 15.1 Å². The van der Waals surface area contributed by atoms with Gasteiger partial charge in [0.2, 0.25) is 5.43 Å². The number of nitrogens with zero attached hydrogens (tertiary/aromatic N) is 2. The Balaban J connectivity index is 1.58. The van der Waals surface area contributed by atoms with Crippen LogP contribution in [-0.4, -0.2) is 52.2 Å². The number of aliphatic hydroxyl groups is 2. The molecule has 0 saturated carbocycles. The smallest absolute Gasteiger partial charge is 0.343 e. The summed E-state index contributed by atoms with van der Waals surface area (Å²) in [6, 6.07) is 9.91. The second-order valence-corrected chi connectivity index (χ2v) is 8.83. The normalized spacial score (nSPS) is 21.2. The second-order valence-electron chi connectivity index (χ2n) is 8.83. The highest BCUT2D eigenvalue weighted by Gasteiger charge is 2.47. The third-order valence-electron chi connectivity index (χ3n) is 6.54. The van der Waals surface area contributed by atoms with Crippen LogP contribution in [0.2, 0.25) is 0 Å². The van der Waals surface area contributed by atoms with Gasteiger partial charge in [0.15, 0.2) is 11.6 Å². The number of carbonyl (C=O) groups excluding carboxylic acids is 1. The molecule has 34 heavy (non-hydrogen) atoms. The summed E-state index contributed by atoms with van der Waals surface area (Å²) in [6.45, 7) is 2.01. The molecule has 0 radical (unpaired) electrons. The minimum atomic E-state index is -1.35. The van der Waals surface area contributed by atoms with Crippen molar-refractivity contribution in [3.63, 3.8) is 0 Å². The Labute approximate surface area is 194 Å². The van der Waals surface area contributed by atoms with E-state index in [1.807, 2.05) is 25.1 Å². The zero-order chi connectivity index (χ0) is 24.0. The molecule has 0 unspecified atom stereocenters. The number of hydrogen-bond acceptors (Lipinski definition) is 7. The van der Waals surface area contributed by atoms with E-state index in [2.05, 4.69) is 0 Å². The van der Waals surface area contributed by atoms with Crippen LogP contribution in [0.25, 0.3) is 10.9 Å². The molecule has 3 aromatic rings. The van der Waals surface area contributed by atoms with Crippen LogP contribution in [0.4, 0.5) is 10.1 Å². The number of aromatic nitrogens is 1. The molecular formula is C25H25FN2O6. The van der Waals surface area contributed by atoms with Gasteiger partial charge in [0.1, 0.15) is 30.1 Å². The predicted molar refractivity (Wildman–Crippen MR) is 123 cm³/mol. The van der Waals surface area contributed by atoms with E-state index in [1.165, 1.54) is 6.20 Å². The van der Waals surface area contributed by atoms with Crippen molar-refractivity contribution in [2.45, 2.75) is 38.1 Å². The first-order valence-corrected chi connectivity index (χ1v) is 11.2. The number of rotatable bonds is 5. The molecule has 8 nitrogen and oxygen atoms in total. The van der Waals surface area contributed by atoms with Crippen molar-refractivity contribution in [1.29, 1.82) is 0 Å². The molecule has 0 bridgehead atoms. The van der Waals surface area contributed by atoms with Crippen LogP contribution in [0.15, 0.2) is 47.4 Å². The van der Waals surface area contributed by atoms with E-state index in [-0.39, 0.29) is 54.6 Å². The van der Waals surface area contributed by atoms with Crippen LogP contribution in [0.5, 0.6) is 5.75 Å². The lowest BCUT2D eigenvalue weighted by atomic mass is 10.0. The zero-order valence-electron chi connectivity index (χ0n) is 18.7. The number of aliphatic hydroxyl groups excluding tert-OH is 1. The topological polar surface area (TPSA) is 101 Å². The number of hydrogen-bond donors (Lipinski definition) is 2. The van der Waals surface area contributed by atoms with Gasteiger partial charge in [-0.05, 0) is 18.6 Å². The zero-order valence-corrected chi connectivity index (χ0v) is 18.7. The van der Waals surface area contributed by atoms with Gasteiger partial charge in [0.05, 0.1) is 23.6 Å². The van der Waals surface area contributed by atoms with Gasteiger partial charge in [0, 0.05) is 25.7 Å². The van der Waals surface area contributed by atoms with E-state index < -0.39 is 29.4 Å². The molecule has 0 spiro atoms. The fourth-order valence-corrected chi connectivity index (χ4v) is 4.85. The maximum absolute atomic E-state index is 15.4. The minimum Gasteiger partial charge on any atom is -0.487 e. The maximum Gasteiger partial charge on any atom is 0.343 e. The summed E-state index contributed by atoms with van der Waals surface area (Å²) in [7, 11) is 0. The van der Waals surface area contributed by atoms with Crippen LogP contribution in [0.1, 0.15) is 29.3 Å². The monoisotopic (exact) mass is 468 g/mol. The van der Waals surface area contributed by atoms with Gasteiger partial charge in [-0.3, -0.25) is 4.79 Å². The number of benzene rings is 2. The molecule has 2 aliphatic heterocycles. The molecular weight excluding hydrogens is 443 g/mol. The van der Waals surface area contributed by atoms with Crippen molar-refractivity contribution in [3.05, 3.63) is 69.8 Å². The standard InChI is InChI=1S/C25H25FN2O6/c1-2-27-10-18(24(31)34-11-15-6-4-3-5-7-15)22(30)17-8-19(26)21-23(20(17)27)33-12-16-9-25(32,14-29)13-28(16)21/h3-8,10,16,29,32H,2,9,11-14H2,1H3/t16-,25-/m0/s1. The lowest BCUT2D eigenvalue weighted by Crippen LogP contribution is -2.40. The molecule has 1 aromatic heterocycles. The molecule has 3 heterocycles. The van der Waals surface area contributed by atoms with Gasteiger partial charge in [-0.2, -0.15) is 0 Å². The van der Waals surface area contributed by atoms with Crippen LogP contribution in [-0.2, 0) is 17.9 Å². The summed E-state index contributed by atoms with van der Waals surface area (Å²) in [5.74, 6) is -1.29. The van der Waals surface area contributed by atoms with Crippen LogP contribution >= 0.6 is 0 Å². The fourth-order valence-electron chi connectivity index (χ4n) is 4.85. The second kappa shape index (κ2) is 8.41. The average Bonchev–Trinajstić information content (AvgIpc) is 3.20. The van der Waals surface area contributed by atoms with Gasteiger partial charge in [-0.1, -0.05) is 30.3 Å². The van der Waals surface area contributed by atoms with Gasteiger partial charge in [0.25, 0.3) is 0 Å². The SMILES string of the molecule is CCn1cc(C(=O)OCc2ccccc2)c(=O)c2cc(F)c3c(c21)OC[C@@H]1C[C@@](O)(CO)CN31. The largest absolute Gasteiger partial charge is 0.487 e. The van der Waals surface area contributed by atoms with Gasteiger partial charge < -0.3 is 29.2 Å². The number of carbonyl (C=O) groups is 1. The van der Waals surface area contributed by atoms with Gasteiger partial charge in [-0.15, -0.1) is 0 Å². The maximum atomic E-state index is 15.4. The first-order valence-electron chi connectivity index (χ1n) is 11.2. The fraction of sp³-hybridized carbons (Fsp3) is 0.360. The molecule has 0 amide bonds. The van der Waals surface area contributed by atoms with Crippen molar-refractivity contribution in [2.75, 3.05) is 24.7 Å². The summed E-state index contributed by atoms with van der Waals surface area (Å²) >= 11 is 0. The average molecular weight is 468 g/mol. The molecule has 0 aliphatic carbocycles. The third-order valence-corrected chi connectivity index (χ3v) is 6.54. The Kier molecular flexibility index (Phi) is 5.53. The summed E-state index contributed by atoms with van der Waals surface area (Å²) in [6.07, 6.45) is 1.66. The summed E-state index contributed by atoms with van der Waals surface area (Å²) < 4.78 is 28.3. The lowest BCUT2D eigenvalue weighted by Gasteiger charge is -2.34. The Morgan fingerprint density at radius 3 is 2.79 bits per heavy atom. The van der Waals surface area contributed by atoms with Gasteiger partial charge >= 0.3 is 5.97 Å². The number of halogens is 1. The molecule has 2 aromatic carbocycles. The lowest BCUT2D eigenvalue weighted by molar-refractivity contribution is 0.00141. The molecule has 2 atom stereocenters. The molecule has 9 heteroatoms. The number of aryl methyl sites for hydroxylation is 1. The first-order chi connectivity index (χ1) is 16.3. The van der Waals surface area contributed by atoms with Crippen LogP contribution in [0, 0.1) is 5.82 Å². The van der Waals surface area contributed by atoms with E-state index >= 15 is 4.39 Å². The molecule has 2 aliphatic rings. The number of esters is 1. The molecule has 178 valence electrons. The van der Waals surface area contributed by atoms with Crippen molar-refractivity contribution < 1.29 is 28.9 Å². The van der Waals surface area contributed by atoms with Crippen molar-refractivity contribution >= 4 is 22.6 Å². The summed E-state index contributed by atoms with van der Waals surface area (Å²) in [5, 5.41) is 20.2. The van der Waals surface area contributed by atoms with E-state index in [0.717, 1.165) is 11.6 Å². The third kappa shape index (κ3) is 3.61. The highest BCUT2D eigenvalue weighted by Crippen LogP contribution is 2.45. The highest BCUT2D eigenvalue weighted by molar-refractivity contribution is 5.98. The molecule has 1 saturated heterocycles. The van der Waals surface area contributed by atoms with E-state index in [9.17, 15) is 19.8 Å². The van der Waals surface area contributed by atoms with Crippen molar-refractivity contribution in [2.24, 2.45) is 0 Å². The molecule has 5 rings (SSSR count). The molecule has 1 fully saturated rings. The molecule has 2 N–H and O–H groups in total. The Bertz CT molecular complexity index is 1320. The number of anilines is 1. The highest BCUT2D eigenvalue weighted by atomic mass is 19.1. The number of ether oxygens (including phenoxy) is 2. The number of fused-ring (bicyclic) bond motifs is 5.